The van der Waals surface area contributed by atoms with Crippen LogP contribution in [0.15, 0.2) is 24.3 Å². The van der Waals surface area contributed by atoms with Gasteiger partial charge in [0.1, 0.15) is 0 Å². The molecule has 134 valence electrons. The van der Waals surface area contributed by atoms with Crippen LogP contribution in [0.2, 0.25) is 0 Å². The number of piperazine rings is 1. The summed E-state index contributed by atoms with van der Waals surface area (Å²) in [7, 11) is 1.60. The zero-order valence-corrected chi connectivity index (χ0v) is 14.8. The van der Waals surface area contributed by atoms with Crippen molar-refractivity contribution in [3.63, 3.8) is 0 Å². The van der Waals surface area contributed by atoms with Gasteiger partial charge in [-0.05, 0) is 30.5 Å². The molecule has 6 nitrogen and oxygen atoms in total. The van der Waals surface area contributed by atoms with Crippen molar-refractivity contribution in [3.05, 3.63) is 35.4 Å². The van der Waals surface area contributed by atoms with E-state index in [0.717, 1.165) is 24.8 Å². The van der Waals surface area contributed by atoms with Crippen molar-refractivity contribution in [2.75, 3.05) is 26.7 Å². The van der Waals surface area contributed by atoms with Crippen molar-refractivity contribution in [3.8, 4) is 0 Å². The van der Waals surface area contributed by atoms with E-state index in [-0.39, 0.29) is 29.7 Å². The van der Waals surface area contributed by atoms with Crippen molar-refractivity contribution < 1.29 is 14.4 Å². The minimum Gasteiger partial charge on any atom is -0.355 e. The lowest BCUT2D eigenvalue weighted by Crippen LogP contribution is -2.53. The van der Waals surface area contributed by atoms with E-state index in [1.165, 1.54) is 0 Å². The number of hydrogen-bond acceptors (Lipinski definition) is 3. The minimum absolute atomic E-state index is 0.0169. The van der Waals surface area contributed by atoms with Crippen LogP contribution in [-0.4, -0.2) is 54.2 Å². The van der Waals surface area contributed by atoms with Gasteiger partial charge in [-0.3, -0.25) is 14.4 Å². The van der Waals surface area contributed by atoms with Gasteiger partial charge in [0.05, 0.1) is 6.04 Å². The monoisotopic (exact) mass is 343 g/mol. The molecule has 2 fully saturated rings. The number of benzene rings is 1. The second kappa shape index (κ2) is 7.25. The van der Waals surface area contributed by atoms with Crippen molar-refractivity contribution >= 4 is 17.7 Å². The molecule has 3 amide bonds. The number of amides is 3. The van der Waals surface area contributed by atoms with Crippen LogP contribution >= 0.6 is 0 Å². The summed E-state index contributed by atoms with van der Waals surface area (Å²) in [5.74, 6) is 0.166. The molecule has 1 N–H and O–H groups in total. The Balaban J connectivity index is 1.90. The van der Waals surface area contributed by atoms with Gasteiger partial charge in [-0.1, -0.05) is 18.6 Å². The quantitative estimate of drug-likeness (QED) is 0.906. The maximum absolute atomic E-state index is 12.9. The molecule has 0 aromatic heterocycles. The normalized spacial score (nSPS) is 20.8. The third kappa shape index (κ3) is 3.52. The third-order valence-corrected chi connectivity index (χ3v) is 5.32. The number of carbonyl (C=O) groups excluding carboxylic acids is 3. The Hall–Kier alpha value is -2.37. The molecular weight excluding hydrogens is 318 g/mol. The average molecular weight is 343 g/mol. The molecule has 1 aromatic rings. The minimum atomic E-state index is -0.199. The first-order valence-corrected chi connectivity index (χ1v) is 8.89. The first-order chi connectivity index (χ1) is 12.0. The van der Waals surface area contributed by atoms with E-state index in [1.54, 1.807) is 24.9 Å². The van der Waals surface area contributed by atoms with Gasteiger partial charge in [-0.2, -0.15) is 0 Å². The van der Waals surface area contributed by atoms with Crippen LogP contribution in [0.3, 0.4) is 0 Å². The zero-order chi connectivity index (χ0) is 18.0. The molecule has 0 bridgehead atoms. The Morgan fingerprint density at radius 1 is 1.16 bits per heavy atom. The summed E-state index contributed by atoms with van der Waals surface area (Å²) in [6.07, 6.45) is 3.02. The molecule has 1 aliphatic carbocycles. The molecule has 25 heavy (non-hydrogen) atoms. The van der Waals surface area contributed by atoms with E-state index in [2.05, 4.69) is 5.32 Å². The van der Waals surface area contributed by atoms with Crippen molar-refractivity contribution in [2.45, 2.75) is 32.2 Å². The van der Waals surface area contributed by atoms with Gasteiger partial charge in [0, 0.05) is 45.1 Å². The fourth-order valence-corrected chi connectivity index (χ4v) is 3.54. The number of carbonyl (C=O) groups is 3. The molecule has 6 heteroatoms. The Kier molecular flexibility index (Phi) is 5.06. The van der Waals surface area contributed by atoms with E-state index >= 15 is 0 Å². The van der Waals surface area contributed by atoms with Gasteiger partial charge in [0.25, 0.3) is 5.91 Å². The van der Waals surface area contributed by atoms with E-state index in [1.807, 2.05) is 23.1 Å². The molecule has 2 aliphatic rings. The second-order valence-corrected chi connectivity index (χ2v) is 6.84. The summed E-state index contributed by atoms with van der Waals surface area (Å²) in [6.45, 7) is 3.15. The van der Waals surface area contributed by atoms with Crippen molar-refractivity contribution in [1.29, 1.82) is 0 Å². The topological polar surface area (TPSA) is 69.7 Å². The van der Waals surface area contributed by atoms with E-state index in [0.29, 0.717) is 25.2 Å². The van der Waals surface area contributed by atoms with Gasteiger partial charge < -0.3 is 15.1 Å². The standard InChI is InChI=1S/C19H25N3O3/c1-13(23)21-9-10-22(19(25)14-5-3-6-14)17(12-21)15-7-4-8-16(11-15)18(24)20-2/h4,7-8,11,14,17H,3,5-6,9-10,12H2,1-2H3,(H,20,24)/t17-/m0/s1. The van der Waals surface area contributed by atoms with Crippen LogP contribution in [0.4, 0.5) is 0 Å². The summed E-state index contributed by atoms with van der Waals surface area (Å²) in [4.78, 5) is 40.3. The molecule has 1 saturated carbocycles. The number of nitrogens with zero attached hydrogens (tertiary/aromatic N) is 2. The summed E-state index contributed by atoms with van der Waals surface area (Å²) in [5, 5.41) is 2.62. The summed E-state index contributed by atoms with van der Waals surface area (Å²) < 4.78 is 0. The first kappa shape index (κ1) is 17.5. The highest BCUT2D eigenvalue weighted by molar-refractivity contribution is 5.94. The van der Waals surface area contributed by atoms with Crippen molar-refractivity contribution in [2.24, 2.45) is 5.92 Å². The van der Waals surface area contributed by atoms with Gasteiger partial charge in [0.2, 0.25) is 11.8 Å². The fraction of sp³-hybridized carbons (Fsp3) is 0.526. The Bertz CT molecular complexity index is 684. The Morgan fingerprint density at radius 3 is 2.52 bits per heavy atom. The van der Waals surface area contributed by atoms with Crippen LogP contribution in [0.5, 0.6) is 0 Å². The van der Waals surface area contributed by atoms with E-state index in [9.17, 15) is 14.4 Å². The zero-order valence-electron chi connectivity index (χ0n) is 14.8. The molecule has 3 rings (SSSR count). The van der Waals surface area contributed by atoms with Gasteiger partial charge in [-0.15, -0.1) is 0 Å². The molecule has 0 unspecified atom stereocenters. The molecule has 1 heterocycles. The maximum Gasteiger partial charge on any atom is 0.251 e. The van der Waals surface area contributed by atoms with Crippen LogP contribution < -0.4 is 5.32 Å². The summed E-state index contributed by atoms with van der Waals surface area (Å²) in [5.41, 5.74) is 1.47. The maximum atomic E-state index is 12.9. The molecular formula is C19H25N3O3. The molecule has 1 saturated heterocycles. The lowest BCUT2D eigenvalue weighted by atomic mass is 9.83. The van der Waals surface area contributed by atoms with Crippen LogP contribution in [0.1, 0.15) is 48.1 Å². The smallest absolute Gasteiger partial charge is 0.251 e. The van der Waals surface area contributed by atoms with Gasteiger partial charge in [0.15, 0.2) is 0 Å². The molecule has 0 spiro atoms. The van der Waals surface area contributed by atoms with Crippen molar-refractivity contribution in [1.82, 2.24) is 15.1 Å². The predicted octanol–water partition coefficient (Wildman–Crippen LogP) is 1.58. The number of hydrogen-bond donors (Lipinski definition) is 1. The largest absolute Gasteiger partial charge is 0.355 e. The molecule has 0 radical (unpaired) electrons. The third-order valence-electron chi connectivity index (χ3n) is 5.32. The SMILES string of the molecule is CNC(=O)c1cccc([C@@H]2CN(C(C)=O)CCN2C(=O)C2CCC2)c1. The summed E-state index contributed by atoms with van der Waals surface area (Å²) in [6, 6.07) is 7.15. The van der Waals surface area contributed by atoms with E-state index < -0.39 is 0 Å². The Labute approximate surface area is 148 Å². The van der Waals surface area contributed by atoms with Gasteiger partial charge >= 0.3 is 0 Å². The summed E-state index contributed by atoms with van der Waals surface area (Å²) >= 11 is 0. The molecule has 1 atom stereocenters. The van der Waals surface area contributed by atoms with Gasteiger partial charge in [-0.25, -0.2) is 0 Å². The lowest BCUT2D eigenvalue weighted by molar-refractivity contribution is -0.147. The molecule has 1 aromatic carbocycles. The highest BCUT2D eigenvalue weighted by atomic mass is 16.2. The number of nitrogens with one attached hydrogen (secondary N) is 1. The Morgan fingerprint density at radius 2 is 1.92 bits per heavy atom. The van der Waals surface area contributed by atoms with E-state index in [4.69, 9.17) is 0 Å². The second-order valence-electron chi connectivity index (χ2n) is 6.84. The predicted molar refractivity (Wildman–Crippen MR) is 93.9 cm³/mol. The lowest BCUT2D eigenvalue weighted by Gasteiger charge is -2.44. The van der Waals surface area contributed by atoms with Crippen LogP contribution in [0.25, 0.3) is 0 Å². The highest BCUT2D eigenvalue weighted by Gasteiger charge is 2.37. The first-order valence-electron chi connectivity index (χ1n) is 8.89. The van der Waals surface area contributed by atoms with Crippen LogP contribution in [-0.2, 0) is 9.59 Å². The number of rotatable bonds is 3. The van der Waals surface area contributed by atoms with Crippen LogP contribution in [0, 0.1) is 5.92 Å². The highest BCUT2D eigenvalue weighted by Crippen LogP contribution is 2.33. The average Bonchev–Trinajstić information content (AvgIpc) is 2.59. The fourth-order valence-electron chi connectivity index (χ4n) is 3.54. The molecule has 1 aliphatic heterocycles.